The van der Waals surface area contributed by atoms with Crippen LogP contribution in [0.3, 0.4) is 0 Å². The van der Waals surface area contributed by atoms with Crippen LogP contribution >= 0.6 is 0 Å². The molecule has 1 heterocycles. The molecule has 110 valence electrons. The summed E-state index contributed by atoms with van der Waals surface area (Å²) in [6.07, 6.45) is 3.37. The zero-order valence-corrected chi connectivity index (χ0v) is 12.5. The number of nitrogens with zero attached hydrogens (tertiary/aromatic N) is 1. The van der Waals surface area contributed by atoms with Crippen LogP contribution in [-0.4, -0.2) is 46.0 Å². The molecule has 2 aliphatic rings. The molecular formula is C14H21N3O2S. The van der Waals surface area contributed by atoms with Crippen LogP contribution in [0, 0.1) is 0 Å². The SMILES string of the molecule is CN(CCNS(=O)(=O)c1ccc2c(c1)CCN2)C1CC1. The van der Waals surface area contributed by atoms with E-state index in [4.69, 9.17) is 0 Å². The van der Waals surface area contributed by atoms with Gasteiger partial charge in [-0.2, -0.15) is 0 Å². The number of nitrogens with one attached hydrogen (secondary N) is 2. The molecule has 20 heavy (non-hydrogen) atoms. The Hall–Kier alpha value is -1.11. The Morgan fingerprint density at radius 1 is 1.40 bits per heavy atom. The van der Waals surface area contributed by atoms with Gasteiger partial charge in [0.05, 0.1) is 4.90 Å². The van der Waals surface area contributed by atoms with Crippen molar-refractivity contribution in [3.63, 3.8) is 0 Å². The third kappa shape index (κ3) is 2.97. The van der Waals surface area contributed by atoms with E-state index in [0.29, 0.717) is 17.5 Å². The van der Waals surface area contributed by atoms with Crippen molar-refractivity contribution in [2.45, 2.75) is 30.2 Å². The quantitative estimate of drug-likeness (QED) is 0.823. The number of likely N-dealkylation sites (N-methyl/N-ethyl adjacent to an activating group) is 1. The Morgan fingerprint density at radius 3 is 2.95 bits per heavy atom. The van der Waals surface area contributed by atoms with Crippen LogP contribution in [0.4, 0.5) is 5.69 Å². The number of sulfonamides is 1. The highest BCUT2D eigenvalue weighted by Crippen LogP contribution is 2.26. The fourth-order valence-electron chi connectivity index (χ4n) is 2.59. The van der Waals surface area contributed by atoms with Gasteiger partial charge in [0, 0.05) is 31.4 Å². The number of benzene rings is 1. The van der Waals surface area contributed by atoms with Crippen LogP contribution in [0.25, 0.3) is 0 Å². The van der Waals surface area contributed by atoms with Crippen LogP contribution in [0.2, 0.25) is 0 Å². The van der Waals surface area contributed by atoms with E-state index in [1.807, 2.05) is 13.1 Å². The molecule has 0 amide bonds. The molecule has 0 aromatic heterocycles. The third-order valence-electron chi connectivity index (χ3n) is 4.02. The Labute approximate surface area is 120 Å². The summed E-state index contributed by atoms with van der Waals surface area (Å²) >= 11 is 0. The van der Waals surface area contributed by atoms with Crippen molar-refractivity contribution in [1.82, 2.24) is 9.62 Å². The molecule has 6 heteroatoms. The second-order valence-electron chi connectivity index (χ2n) is 5.61. The molecular weight excluding hydrogens is 274 g/mol. The highest BCUT2D eigenvalue weighted by Gasteiger charge is 2.26. The van der Waals surface area contributed by atoms with E-state index >= 15 is 0 Å². The third-order valence-corrected chi connectivity index (χ3v) is 5.48. The zero-order chi connectivity index (χ0) is 14.2. The first kappa shape index (κ1) is 13.9. The van der Waals surface area contributed by atoms with Crippen LogP contribution in [0.5, 0.6) is 0 Å². The monoisotopic (exact) mass is 295 g/mol. The van der Waals surface area contributed by atoms with Gasteiger partial charge in [0.2, 0.25) is 10.0 Å². The van der Waals surface area contributed by atoms with Gasteiger partial charge in [-0.15, -0.1) is 0 Å². The highest BCUT2D eigenvalue weighted by atomic mass is 32.2. The normalized spacial score (nSPS) is 18.1. The van der Waals surface area contributed by atoms with E-state index in [1.54, 1.807) is 12.1 Å². The molecule has 1 aromatic carbocycles. The van der Waals surface area contributed by atoms with Gasteiger partial charge >= 0.3 is 0 Å². The summed E-state index contributed by atoms with van der Waals surface area (Å²) < 4.78 is 27.2. The van der Waals surface area contributed by atoms with E-state index in [9.17, 15) is 8.42 Å². The average Bonchev–Trinajstić information content (AvgIpc) is 3.16. The minimum atomic E-state index is -3.39. The zero-order valence-electron chi connectivity index (χ0n) is 11.7. The highest BCUT2D eigenvalue weighted by molar-refractivity contribution is 7.89. The molecule has 1 aromatic rings. The summed E-state index contributed by atoms with van der Waals surface area (Å²) in [5.41, 5.74) is 2.14. The van der Waals surface area contributed by atoms with Crippen molar-refractivity contribution in [3.8, 4) is 0 Å². The van der Waals surface area contributed by atoms with Gasteiger partial charge in [-0.3, -0.25) is 0 Å². The topological polar surface area (TPSA) is 61.4 Å². The predicted octanol–water partition coefficient (Wildman–Crippen LogP) is 1.03. The number of anilines is 1. The smallest absolute Gasteiger partial charge is 0.240 e. The predicted molar refractivity (Wildman–Crippen MR) is 79.5 cm³/mol. The van der Waals surface area contributed by atoms with Gasteiger partial charge in [0.15, 0.2) is 0 Å². The van der Waals surface area contributed by atoms with Gasteiger partial charge in [0.25, 0.3) is 0 Å². The maximum absolute atomic E-state index is 12.2. The maximum atomic E-state index is 12.2. The summed E-state index contributed by atoms with van der Waals surface area (Å²) in [5, 5.41) is 3.23. The van der Waals surface area contributed by atoms with Gasteiger partial charge in [-0.1, -0.05) is 0 Å². The van der Waals surface area contributed by atoms with Crippen molar-refractivity contribution >= 4 is 15.7 Å². The Balaban J connectivity index is 1.62. The molecule has 2 N–H and O–H groups in total. The molecule has 0 bridgehead atoms. The first-order chi connectivity index (χ1) is 9.56. The molecule has 1 aliphatic heterocycles. The summed E-state index contributed by atoms with van der Waals surface area (Å²) in [7, 11) is -1.34. The molecule has 1 aliphatic carbocycles. The van der Waals surface area contributed by atoms with Gasteiger partial charge < -0.3 is 10.2 Å². The van der Waals surface area contributed by atoms with Crippen LogP contribution in [0.1, 0.15) is 18.4 Å². The average molecular weight is 295 g/mol. The lowest BCUT2D eigenvalue weighted by molar-refractivity contribution is 0.329. The van der Waals surface area contributed by atoms with E-state index < -0.39 is 10.0 Å². The lowest BCUT2D eigenvalue weighted by Gasteiger charge is -2.16. The minimum Gasteiger partial charge on any atom is -0.384 e. The van der Waals surface area contributed by atoms with E-state index in [-0.39, 0.29) is 0 Å². The van der Waals surface area contributed by atoms with Crippen molar-refractivity contribution in [2.24, 2.45) is 0 Å². The fraction of sp³-hybridized carbons (Fsp3) is 0.571. The van der Waals surface area contributed by atoms with Crippen LogP contribution < -0.4 is 10.0 Å². The maximum Gasteiger partial charge on any atom is 0.240 e. The largest absolute Gasteiger partial charge is 0.384 e. The minimum absolute atomic E-state index is 0.369. The first-order valence-electron chi connectivity index (χ1n) is 7.13. The van der Waals surface area contributed by atoms with Crippen molar-refractivity contribution in [2.75, 3.05) is 32.0 Å². The Morgan fingerprint density at radius 2 is 2.20 bits per heavy atom. The molecule has 0 unspecified atom stereocenters. The van der Waals surface area contributed by atoms with Crippen molar-refractivity contribution in [3.05, 3.63) is 23.8 Å². The standard InChI is InChI=1S/C14H21N3O2S/c1-17(12-2-3-12)9-8-16-20(18,19)13-4-5-14-11(10-13)6-7-15-14/h4-5,10,12,15-16H,2-3,6-9H2,1H3. The summed E-state index contributed by atoms with van der Waals surface area (Å²) in [6.45, 7) is 2.11. The van der Waals surface area contributed by atoms with Crippen molar-refractivity contribution < 1.29 is 8.42 Å². The summed E-state index contributed by atoms with van der Waals surface area (Å²) in [4.78, 5) is 2.59. The lowest BCUT2D eigenvalue weighted by atomic mass is 10.2. The van der Waals surface area contributed by atoms with E-state index in [1.165, 1.54) is 12.8 Å². The van der Waals surface area contributed by atoms with E-state index in [2.05, 4.69) is 14.9 Å². The second-order valence-corrected chi connectivity index (χ2v) is 7.37. The van der Waals surface area contributed by atoms with Gasteiger partial charge in [-0.05, 0) is 50.1 Å². The number of hydrogen-bond donors (Lipinski definition) is 2. The molecule has 0 saturated heterocycles. The fourth-order valence-corrected chi connectivity index (χ4v) is 3.66. The molecule has 1 fully saturated rings. The number of rotatable bonds is 6. The second kappa shape index (κ2) is 5.35. The summed E-state index contributed by atoms with van der Waals surface area (Å²) in [5.74, 6) is 0. The van der Waals surface area contributed by atoms with Gasteiger partial charge in [0.1, 0.15) is 0 Å². The van der Waals surface area contributed by atoms with Crippen molar-refractivity contribution in [1.29, 1.82) is 0 Å². The molecule has 5 nitrogen and oxygen atoms in total. The first-order valence-corrected chi connectivity index (χ1v) is 8.61. The van der Waals surface area contributed by atoms with Crippen LogP contribution in [0.15, 0.2) is 23.1 Å². The van der Waals surface area contributed by atoms with Crippen LogP contribution in [-0.2, 0) is 16.4 Å². The molecule has 0 radical (unpaired) electrons. The summed E-state index contributed by atoms with van der Waals surface area (Å²) in [6, 6.07) is 5.96. The van der Waals surface area contributed by atoms with Gasteiger partial charge in [-0.25, -0.2) is 13.1 Å². The Kier molecular flexibility index (Phi) is 3.70. The number of hydrogen-bond acceptors (Lipinski definition) is 4. The van der Waals surface area contributed by atoms with E-state index in [0.717, 1.165) is 30.8 Å². The molecule has 1 saturated carbocycles. The molecule has 0 spiro atoms. The number of fused-ring (bicyclic) bond motifs is 1. The molecule has 0 atom stereocenters. The molecule has 3 rings (SSSR count). The Bertz CT molecular complexity index is 596. The lowest BCUT2D eigenvalue weighted by Crippen LogP contribution is -2.34.